The highest BCUT2D eigenvalue weighted by molar-refractivity contribution is 7.07. The quantitative estimate of drug-likeness (QED) is 0.162. The number of non-ortho nitro benzene ring substituents is 1. The summed E-state index contributed by atoms with van der Waals surface area (Å²) in [7, 11) is 0. The van der Waals surface area contributed by atoms with Crippen molar-refractivity contribution in [2.24, 2.45) is 10.9 Å². The summed E-state index contributed by atoms with van der Waals surface area (Å²) in [6.07, 6.45) is 1.62. The molecule has 0 amide bonds. The van der Waals surface area contributed by atoms with Gasteiger partial charge < -0.3 is 14.2 Å². The molecule has 2 aromatic carbocycles. The predicted octanol–water partition coefficient (Wildman–Crippen LogP) is 3.67. The third kappa shape index (κ3) is 6.43. The van der Waals surface area contributed by atoms with Crippen LogP contribution in [-0.4, -0.2) is 34.6 Å². The van der Waals surface area contributed by atoms with Gasteiger partial charge in [0.05, 0.1) is 40.0 Å². The fraction of sp³-hybridized carbons (Fsp3) is 0.310. The molecule has 0 fully saturated rings. The Morgan fingerprint density at radius 2 is 1.88 bits per heavy atom. The Bertz CT molecular complexity index is 1720. The summed E-state index contributed by atoms with van der Waals surface area (Å²) in [6.45, 7) is 9.05. The van der Waals surface area contributed by atoms with Crippen LogP contribution < -0.4 is 24.4 Å². The van der Waals surface area contributed by atoms with Gasteiger partial charge in [-0.3, -0.25) is 24.3 Å². The van der Waals surface area contributed by atoms with E-state index in [0.717, 1.165) is 11.3 Å². The molecule has 12 heteroatoms. The number of carbonyl (C=O) groups excluding carboxylic acids is 2. The first-order valence-electron chi connectivity index (χ1n) is 12.9. The van der Waals surface area contributed by atoms with Gasteiger partial charge >= 0.3 is 11.9 Å². The lowest BCUT2D eigenvalue weighted by atomic mass is 9.95. The molecule has 3 aromatic rings. The number of nitro benzene ring substituents is 1. The molecule has 0 unspecified atom stereocenters. The number of thiazole rings is 1. The summed E-state index contributed by atoms with van der Waals surface area (Å²) < 4.78 is 18.3. The van der Waals surface area contributed by atoms with Crippen LogP contribution in [0.15, 0.2) is 63.5 Å². The van der Waals surface area contributed by atoms with Crippen molar-refractivity contribution in [2.45, 2.75) is 40.7 Å². The molecule has 0 saturated carbocycles. The van der Waals surface area contributed by atoms with Gasteiger partial charge in [0.2, 0.25) is 0 Å². The maximum Gasteiger partial charge on any atom is 0.338 e. The van der Waals surface area contributed by atoms with E-state index in [1.807, 2.05) is 13.8 Å². The van der Waals surface area contributed by atoms with Gasteiger partial charge in [0.15, 0.2) is 16.3 Å². The maximum atomic E-state index is 13.8. The summed E-state index contributed by atoms with van der Waals surface area (Å²) in [4.78, 5) is 54.4. The molecule has 1 atom stereocenters. The van der Waals surface area contributed by atoms with E-state index < -0.39 is 28.5 Å². The Morgan fingerprint density at radius 1 is 1.17 bits per heavy atom. The molecule has 0 saturated heterocycles. The van der Waals surface area contributed by atoms with Crippen molar-refractivity contribution < 1.29 is 28.7 Å². The molecular weight excluding hydrogens is 550 g/mol. The Hall–Kier alpha value is -4.58. The molecule has 2 heterocycles. The second-order valence-electron chi connectivity index (χ2n) is 9.66. The molecule has 1 aliphatic heterocycles. The number of ether oxygens (including phenoxy) is 3. The minimum atomic E-state index is -0.907. The van der Waals surface area contributed by atoms with Crippen molar-refractivity contribution in [3.05, 3.63) is 94.7 Å². The van der Waals surface area contributed by atoms with Crippen molar-refractivity contribution >= 4 is 35.0 Å². The molecule has 1 aliphatic rings. The smallest absolute Gasteiger partial charge is 0.338 e. The second-order valence-corrected chi connectivity index (χ2v) is 10.7. The van der Waals surface area contributed by atoms with Crippen LogP contribution in [0.1, 0.15) is 51.8 Å². The van der Waals surface area contributed by atoms with Crippen LogP contribution in [-0.2, 0) is 14.3 Å². The Morgan fingerprint density at radius 3 is 2.49 bits per heavy atom. The number of fused-ring (bicyclic) bond motifs is 1. The van der Waals surface area contributed by atoms with E-state index in [4.69, 9.17) is 14.2 Å². The first-order chi connectivity index (χ1) is 19.5. The summed E-state index contributed by atoms with van der Waals surface area (Å²) >= 11 is 1.13. The molecule has 0 aliphatic carbocycles. The summed E-state index contributed by atoms with van der Waals surface area (Å²) in [5, 5.41) is 11.0. The van der Waals surface area contributed by atoms with Crippen LogP contribution in [0.4, 0.5) is 5.69 Å². The number of benzene rings is 2. The van der Waals surface area contributed by atoms with E-state index >= 15 is 0 Å². The van der Waals surface area contributed by atoms with E-state index in [2.05, 4.69) is 4.99 Å². The topological polar surface area (TPSA) is 139 Å². The van der Waals surface area contributed by atoms with E-state index in [1.54, 1.807) is 50.3 Å². The number of hydrogen-bond acceptors (Lipinski definition) is 10. The fourth-order valence-electron chi connectivity index (χ4n) is 4.26. The van der Waals surface area contributed by atoms with E-state index in [0.29, 0.717) is 26.2 Å². The van der Waals surface area contributed by atoms with Crippen LogP contribution in [0.25, 0.3) is 6.08 Å². The van der Waals surface area contributed by atoms with Crippen LogP contribution >= 0.6 is 11.3 Å². The summed E-state index contributed by atoms with van der Waals surface area (Å²) in [5.41, 5.74) is 1.25. The first kappa shape index (κ1) is 29.4. The highest BCUT2D eigenvalue weighted by atomic mass is 32.1. The van der Waals surface area contributed by atoms with Gasteiger partial charge in [0, 0.05) is 19.1 Å². The second kappa shape index (κ2) is 12.3. The van der Waals surface area contributed by atoms with E-state index in [-0.39, 0.29) is 41.9 Å². The minimum absolute atomic E-state index is 0.0638. The van der Waals surface area contributed by atoms with Gasteiger partial charge in [-0.2, -0.15) is 0 Å². The number of nitrogens with zero attached hydrogens (tertiary/aromatic N) is 3. The van der Waals surface area contributed by atoms with Gasteiger partial charge in [-0.25, -0.2) is 9.79 Å². The zero-order valence-corrected chi connectivity index (χ0v) is 24.0. The van der Waals surface area contributed by atoms with Gasteiger partial charge in [-0.1, -0.05) is 31.3 Å². The minimum Gasteiger partial charge on any atom is -0.490 e. The number of aromatic nitrogens is 1. The standard InChI is InChI=1S/C29H29N3O8S/c1-6-38-23-14-20(9-12-22(23)40-18(5)33)26-25(28(35)39-15-16(2)3)17(4)30-29-31(26)27(34)24(41-29)13-19-7-10-21(11-8-19)32(36)37/h7-14,16,26H,6,15H2,1-5H3/b24-13+/t26-/m1/s1. The molecule has 214 valence electrons. The van der Waals surface area contributed by atoms with Gasteiger partial charge in [-0.15, -0.1) is 0 Å². The molecule has 4 rings (SSSR count). The summed E-state index contributed by atoms with van der Waals surface area (Å²) in [6, 6.07) is 9.77. The zero-order valence-electron chi connectivity index (χ0n) is 23.2. The molecule has 0 spiro atoms. The van der Waals surface area contributed by atoms with Gasteiger partial charge in [0.1, 0.15) is 0 Å². The zero-order chi connectivity index (χ0) is 29.8. The average Bonchev–Trinajstić information content (AvgIpc) is 3.21. The Balaban J connectivity index is 1.91. The molecule has 0 bridgehead atoms. The summed E-state index contributed by atoms with van der Waals surface area (Å²) in [5.74, 6) is -0.548. The number of allylic oxidation sites excluding steroid dienone is 1. The molecule has 1 aromatic heterocycles. The van der Waals surface area contributed by atoms with Gasteiger partial charge in [-0.05, 0) is 61.2 Å². The molecule has 11 nitrogen and oxygen atoms in total. The maximum absolute atomic E-state index is 13.8. The highest BCUT2D eigenvalue weighted by Crippen LogP contribution is 2.36. The number of esters is 2. The fourth-order valence-corrected chi connectivity index (χ4v) is 5.31. The number of hydrogen-bond donors (Lipinski definition) is 0. The van der Waals surface area contributed by atoms with Crippen molar-refractivity contribution in [3.8, 4) is 11.5 Å². The lowest BCUT2D eigenvalue weighted by Gasteiger charge is -2.25. The number of rotatable bonds is 9. The van der Waals surface area contributed by atoms with Gasteiger partial charge in [0.25, 0.3) is 11.2 Å². The number of nitro groups is 1. The third-order valence-corrected chi connectivity index (χ3v) is 7.01. The Kier molecular flexibility index (Phi) is 8.82. The van der Waals surface area contributed by atoms with Crippen molar-refractivity contribution in [3.63, 3.8) is 0 Å². The molecule has 41 heavy (non-hydrogen) atoms. The highest BCUT2D eigenvalue weighted by Gasteiger charge is 2.34. The SMILES string of the molecule is CCOc1cc([C@@H]2C(C(=O)OCC(C)C)=C(C)N=c3s/c(=C/c4ccc([N+](=O)[O-])cc4)c(=O)n32)ccc1OC(C)=O. The molecule has 0 radical (unpaired) electrons. The van der Waals surface area contributed by atoms with Crippen molar-refractivity contribution in [1.29, 1.82) is 0 Å². The van der Waals surface area contributed by atoms with Crippen molar-refractivity contribution in [2.75, 3.05) is 13.2 Å². The monoisotopic (exact) mass is 579 g/mol. The third-order valence-electron chi connectivity index (χ3n) is 6.03. The van der Waals surface area contributed by atoms with E-state index in [9.17, 15) is 24.5 Å². The van der Waals surface area contributed by atoms with Crippen molar-refractivity contribution in [1.82, 2.24) is 4.57 Å². The van der Waals surface area contributed by atoms with Crippen LogP contribution in [0, 0.1) is 16.0 Å². The first-order valence-corrected chi connectivity index (χ1v) is 13.7. The normalized spacial score (nSPS) is 14.9. The molecular formula is C29H29N3O8S. The largest absolute Gasteiger partial charge is 0.490 e. The van der Waals surface area contributed by atoms with E-state index in [1.165, 1.54) is 23.6 Å². The number of carbonyl (C=O) groups is 2. The van der Waals surface area contributed by atoms with Crippen LogP contribution in [0.5, 0.6) is 11.5 Å². The lowest BCUT2D eigenvalue weighted by molar-refractivity contribution is -0.384. The molecule has 0 N–H and O–H groups in total. The van der Waals surface area contributed by atoms with Crippen LogP contribution in [0.3, 0.4) is 0 Å². The lowest BCUT2D eigenvalue weighted by Crippen LogP contribution is -2.40. The van der Waals surface area contributed by atoms with Crippen LogP contribution in [0.2, 0.25) is 0 Å². The average molecular weight is 580 g/mol. The predicted molar refractivity (Wildman–Crippen MR) is 152 cm³/mol. The Labute approximate surface area is 239 Å².